The number of nitrogens with zero attached hydrogens (tertiary/aromatic N) is 1. The lowest BCUT2D eigenvalue weighted by atomic mass is 10.3. The van der Waals surface area contributed by atoms with Gasteiger partial charge in [0.1, 0.15) is 6.54 Å². The number of benzene rings is 1. The number of hydrogen-bond acceptors (Lipinski definition) is 6. The average molecular weight is 329 g/mol. The zero-order valence-electron chi connectivity index (χ0n) is 11.2. The predicted octanol–water partition coefficient (Wildman–Crippen LogP) is 2.34. The number of anilines is 1. The predicted molar refractivity (Wildman–Crippen MR) is 80.2 cm³/mol. The van der Waals surface area contributed by atoms with Gasteiger partial charge in [0.05, 0.1) is 6.61 Å². The Morgan fingerprint density at radius 3 is 2.67 bits per heavy atom. The molecule has 1 aliphatic rings. The molecule has 112 valence electrons. The summed E-state index contributed by atoms with van der Waals surface area (Å²) in [5, 5.41) is 2.27. The van der Waals surface area contributed by atoms with Crippen LogP contribution in [-0.2, 0) is 14.3 Å². The van der Waals surface area contributed by atoms with Crippen LogP contribution in [0.15, 0.2) is 24.3 Å². The van der Waals surface area contributed by atoms with Crippen molar-refractivity contribution in [3.05, 3.63) is 29.3 Å². The number of thioether (sulfide) groups is 1. The number of esters is 1. The van der Waals surface area contributed by atoms with E-state index in [0.29, 0.717) is 10.7 Å². The molecule has 0 spiro atoms. The molecule has 21 heavy (non-hydrogen) atoms. The third kappa shape index (κ3) is 3.89. The zero-order valence-corrected chi connectivity index (χ0v) is 12.7. The van der Waals surface area contributed by atoms with Gasteiger partial charge in [-0.25, -0.2) is 0 Å². The van der Waals surface area contributed by atoms with Crippen molar-refractivity contribution >= 4 is 46.2 Å². The molecule has 1 heterocycles. The van der Waals surface area contributed by atoms with E-state index in [-0.39, 0.29) is 13.2 Å². The highest BCUT2D eigenvalue weighted by molar-refractivity contribution is 8.15. The smallest absolute Gasteiger partial charge is 0.326 e. The SMILES string of the molecule is CCOC(=O)CN1C(=O)SC(Nc2ccc(Cl)cc2)C1=O. The first kappa shape index (κ1) is 15.7. The highest BCUT2D eigenvalue weighted by Crippen LogP contribution is 2.28. The highest BCUT2D eigenvalue weighted by atomic mass is 35.5. The molecular weight excluding hydrogens is 316 g/mol. The number of imide groups is 1. The van der Waals surface area contributed by atoms with E-state index in [4.69, 9.17) is 16.3 Å². The number of nitrogens with one attached hydrogen (secondary N) is 1. The van der Waals surface area contributed by atoms with Crippen LogP contribution in [0.1, 0.15) is 6.92 Å². The quantitative estimate of drug-likeness (QED) is 0.836. The molecule has 6 nitrogen and oxygen atoms in total. The lowest BCUT2D eigenvalue weighted by Gasteiger charge is -2.14. The van der Waals surface area contributed by atoms with Crippen LogP contribution >= 0.6 is 23.4 Å². The van der Waals surface area contributed by atoms with Gasteiger partial charge in [0.15, 0.2) is 5.37 Å². The molecule has 1 aromatic carbocycles. The Kier molecular flexibility index (Phi) is 5.08. The van der Waals surface area contributed by atoms with Crippen molar-refractivity contribution in [3.8, 4) is 0 Å². The van der Waals surface area contributed by atoms with E-state index in [9.17, 15) is 14.4 Å². The number of amides is 2. The molecule has 2 amide bonds. The average Bonchev–Trinajstić information content (AvgIpc) is 2.69. The van der Waals surface area contributed by atoms with Crippen molar-refractivity contribution < 1.29 is 19.1 Å². The Labute approximate surface area is 130 Å². The van der Waals surface area contributed by atoms with Gasteiger partial charge in [0.2, 0.25) is 0 Å². The van der Waals surface area contributed by atoms with Crippen molar-refractivity contribution in [2.24, 2.45) is 0 Å². The summed E-state index contributed by atoms with van der Waals surface area (Å²) in [6, 6.07) is 6.75. The molecule has 1 aromatic rings. The van der Waals surface area contributed by atoms with E-state index in [0.717, 1.165) is 16.7 Å². The maximum absolute atomic E-state index is 12.1. The first-order valence-corrected chi connectivity index (χ1v) is 7.46. The van der Waals surface area contributed by atoms with Crippen LogP contribution < -0.4 is 5.32 Å². The minimum atomic E-state index is -0.756. The molecule has 1 unspecified atom stereocenters. The zero-order chi connectivity index (χ0) is 15.4. The van der Waals surface area contributed by atoms with Gasteiger partial charge >= 0.3 is 5.97 Å². The number of carbonyl (C=O) groups is 3. The van der Waals surface area contributed by atoms with Crippen LogP contribution in [0.25, 0.3) is 0 Å². The Hall–Kier alpha value is -1.73. The molecule has 1 fully saturated rings. The van der Waals surface area contributed by atoms with E-state index in [1.165, 1.54) is 0 Å². The number of halogens is 1. The fourth-order valence-electron chi connectivity index (χ4n) is 1.71. The summed E-state index contributed by atoms with van der Waals surface area (Å²) in [6.07, 6.45) is 0. The Morgan fingerprint density at radius 1 is 1.38 bits per heavy atom. The van der Waals surface area contributed by atoms with Gasteiger partial charge in [-0.05, 0) is 43.0 Å². The summed E-state index contributed by atoms with van der Waals surface area (Å²) in [5.74, 6) is -1.07. The standard InChI is InChI=1S/C13H13ClN2O4S/c1-2-20-10(17)7-16-12(18)11(21-13(16)19)15-9-5-3-8(14)4-6-9/h3-6,11,15H,2,7H2,1H3. The van der Waals surface area contributed by atoms with Crippen LogP contribution in [-0.4, -0.2) is 40.5 Å². The molecule has 0 aliphatic carbocycles. The monoisotopic (exact) mass is 328 g/mol. The second-order valence-corrected chi connectivity index (χ2v) is 5.64. The summed E-state index contributed by atoms with van der Waals surface area (Å²) >= 11 is 6.60. The topological polar surface area (TPSA) is 75.7 Å². The van der Waals surface area contributed by atoms with Gasteiger partial charge in [-0.15, -0.1) is 0 Å². The van der Waals surface area contributed by atoms with Gasteiger partial charge in [0.25, 0.3) is 11.1 Å². The summed E-state index contributed by atoms with van der Waals surface area (Å²) < 4.78 is 4.74. The van der Waals surface area contributed by atoms with Gasteiger partial charge < -0.3 is 10.1 Å². The Bertz CT molecular complexity index is 564. The molecule has 0 aromatic heterocycles. The molecule has 1 N–H and O–H groups in total. The molecule has 1 saturated heterocycles. The number of rotatable bonds is 5. The third-order valence-corrected chi connectivity index (χ3v) is 3.89. The third-order valence-electron chi connectivity index (χ3n) is 2.66. The van der Waals surface area contributed by atoms with Crippen LogP contribution in [0.5, 0.6) is 0 Å². The minimum absolute atomic E-state index is 0.203. The van der Waals surface area contributed by atoms with Crippen molar-refractivity contribution in [1.82, 2.24) is 4.90 Å². The molecule has 0 bridgehead atoms. The number of carbonyl (C=O) groups excluding carboxylic acids is 3. The van der Waals surface area contributed by atoms with Crippen LogP contribution in [0.3, 0.4) is 0 Å². The van der Waals surface area contributed by atoms with Gasteiger partial charge in [-0.2, -0.15) is 0 Å². The van der Waals surface area contributed by atoms with E-state index in [2.05, 4.69) is 5.32 Å². The van der Waals surface area contributed by atoms with Gasteiger partial charge in [-0.1, -0.05) is 11.6 Å². The fourth-order valence-corrected chi connectivity index (χ4v) is 2.75. The summed E-state index contributed by atoms with van der Waals surface area (Å²) in [7, 11) is 0. The minimum Gasteiger partial charge on any atom is -0.465 e. The van der Waals surface area contributed by atoms with Crippen molar-refractivity contribution in [1.29, 1.82) is 0 Å². The Balaban J connectivity index is 2.00. The molecule has 0 radical (unpaired) electrons. The summed E-state index contributed by atoms with van der Waals surface area (Å²) in [5.41, 5.74) is 0.663. The van der Waals surface area contributed by atoms with E-state index in [1.807, 2.05) is 0 Å². The maximum atomic E-state index is 12.1. The normalized spacial score (nSPS) is 18.0. The van der Waals surface area contributed by atoms with Crippen LogP contribution in [0, 0.1) is 0 Å². The van der Waals surface area contributed by atoms with Crippen molar-refractivity contribution in [2.75, 3.05) is 18.5 Å². The molecule has 1 aliphatic heterocycles. The highest BCUT2D eigenvalue weighted by Gasteiger charge is 2.40. The fraction of sp³-hybridized carbons (Fsp3) is 0.308. The largest absolute Gasteiger partial charge is 0.465 e. The first-order valence-electron chi connectivity index (χ1n) is 6.21. The van der Waals surface area contributed by atoms with Crippen LogP contribution in [0.2, 0.25) is 5.02 Å². The molecule has 1 atom stereocenters. The summed E-state index contributed by atoms with van der Waals surface area (Å²) in [4.78, 5) is 36.2. The number of hydrogen-bond donors (Lipinski definition) is 1. The Morgan fingerprint density at radius 2 is 2.05 bits per heavy atom. The molecule has 2 rings (SSSR count). The van der Waals surface area contributed by atoms with Crippen molar-refractivity contribution in [2.45, 2.75) is 12.3 Å². The maximum Gasteiger partial charge on any atom is 0.326 e. The second-order valence-electron chi connectivity index (χ2n) is 4.14. The van der Waals surface area contributed by atoms with E-state index >= 15 is 0 Å². The second kappa shape index (κ2) is 6.82. The lowest BCUT2D eigenvalue weighted by molar-refractivity contribution is -0.146. The summed E-state index contributed by atoms with van der Waals surface area (Å²) in [6.45, 7) is 1.50. The van der Waals surface area contributed by atoms with Gasteiger partial charge in [-0.3, -0.25) is 19.3 Å². The number of ether oxygens (including phenoxy) is 1. The first-order chi connectivity index (χ1) is 10.0. The molecule has 0 saturated carbocycles. The lowest BCUT2D eigenvalue weighted by Crippen LogP contribution is -2.38. The molecule has 8 heteroatoms. The molecular formula is C13H13ClN2O4S. The van der Waals surface area contributed by atoms with E-state index in [1.54, 1.807) is 31.2 Å². The van der Waals surface area contributed by atoms with Gasteiger partial charge in [0, 0.05) is 10.7 Å². The van der Waals surface area contributed by atoms with Crippen LogP contribution in [0.4, 0.5) is 10.5 Å². The van der Waals surface area contributed by atoms with Crippen molar-refractivity contribution in [3.63, 3.8) is 0 Å². The van der Waals surface area contributed by atoms with E-state index < -0.39 is 22.5 Å².